The highest BCUT2D eigenvalue weighted by molar-refractivity contribution is 6.32. The molecule has 0 saturated carbocycles. The van der Waals surface area contributed by atoms with Crippen LogP contribution in [0.25, 0.3) is 11.2 Å². The molecular weight excluding hydrogens is 478 g/mol. The van der Waals surface area contributed by atoms with Crippen LogP contribution in [0, 0.1) is 0 Å². The Bertz CT molecular complexity index is 1390. The normalized spacial score (nSPS) is 12.3. The molecule has 0 amide bonds. The Hall–Kier alpha value is -3.59. The molecule has 0 fully saturated rings. The summed E-state index contributed by atoms with van der Waals surface area (Å²) in [6.45, 7) is -1.51. The van der Waals surface area contributed by atoms with E-state index in [0.717, 1.165) is 12.8 Å². The maximum atomic E-state index is 12.7. The molecule has 182 valence electrons. The number of alkyl halides is 2. The summed E-state index contributed by atoms with van der Waals surface area (Å²) in [6.07, 6.45) is 3.73. The molecule has 0 spiro atoms. The van der Waals surface area contributed by atoms with E-state index in [9.17, 15) is 18.4 Å². The van der Waals surface area contributed by atoms with Crippen LogP contribution in [-0.4, -0.2) is 31.9 Å². The summed E-state index contributed by atoms with van der Waals surface area (Å²) in [5.74, 6) is 0.0661. The minimum atomic E-state index is -3.02. The summed E-state index contributed by atoms with van der Waals surface area (Å²) >= 11 is 5.92. The predicted octanol–water partition coefficient (Wildman–Crippen LogP) is 5.12. The number of rotatable bonds is 10. The molecule has 1 atom stereocenters. The first-order chi connectivity index (χ1) is 16.8. The molecule has 0 saturated heterocycles. The van der Waals surface area contributed by atoms with Gasteiger partial charge in [0, 0.05) is 6.42 Å². The van der Waals surface area contributed by atoms with E-state index in [4.69, 9.17) is 11.6 Å². The third-order valence-corrected chi connectivity index (χ3v) is 5.97. The molecule has 4 rings (SSSR count). The number of benzene rings is 2. The number of carbonyl (C=O) groups is 1. The van der Waals surface area contributed by atoms with Crippen molar-refractivity contribution in [3.8, 4) is 5.75 Å². The van der Waals surface area contributed by atoms with Crippen LogP contribution in [-0.2, 0) is 17.6 Å². The SMILES string of the molecule is CC(=O)C(CCCc1ccccc1)n1cnc2c(=O)[nH]c(Cc3ccc(Cl)c(OC(F)F)c3)nc21. The zero-order valence-corrected chi connectivity index (χ0v) is 19.6. The van der Waals surface area contributed by atoms with E-state index in [1.165, 1.54) is 30.9 Å². The fourth-order valence-corrected chi connectivity index (χ4v) is 4.17. The van der Waals surface area contributed by atoms with Gasteiger partial charge < -0.3 is 14.3 Å². The van der Waals surface area contributed by atoms with E-state index >= 15 is 0 Å². The van der Waals surface area contributed by atoms with Crippen molar-refractivity contribution in [2.75, 3.05) is 0 Å². The minimum Gasteiger partial charge on any atom is -0.433 e. The van der Waals surface area contributed by atoms with Gasteiger partial charge in [0.1, 0.15) is 11.6 Å². The van der Waals surface area contributed by atoms with Gasteiger partial charge in [0.25, 0.3) is 5.56 Å². The van der Waals surface area contributed by atoms with Crippen LogP contribution in [0.5, 0.6) is 5.75 Å². The zero-order chi connectivity index (χ0) is 24.9. The second-order valence-electron chi connectivity index (χ2n) is 8.16. The van der Waals surface area contributed by atoms with Gasteiger partial charge in [-0.25, -0.2) is 9.97 Å². The third kappa shape index (κ3) is 5.92. The van der Waals surface area contributed by atoms with Crippen LogP contribution in [0.4, 0.5) is 8.78 Å². The van der Waals surface area contributed by atoms with Gasteiger partial charge in [-0.3, -0.25) is 9.59 Å². The highest BCUT2D eigenvalue weighted by atomic mass is 35.5. The number of nitrogens with zero attached hydrogens (tertiary/aromatic N) is 3. The number of aryl methyl sites for hydroxylation is 1. The number of hydrogen-bond acceptors (Lipinski definition) is 5. The summed E-state index contributed by atoms with van der Waals surface area (Å²) in [5.41, 5.74) is 1.71. The number of hydrogen-bond donors (Lipinski definition) is 1. The summed E-state index contributed by atoms with van der Waals surface area (Å²) in [6, 6.07) is 13.9. The van der Waals surface area contributed by atoms with E-state index in [-0.39, 0.29) is 28.5 Å². The van der Waals surface area contributed by atoms with E-state index in [0.29, 0.717) is 23.5 Å². The smallest absolute Gasteiger partial charge is 0.387 e. The number of carbonyl (C=O) groups excluding carboxylic acids is 1. The summed E-state index contributed by atoms with van der Waals surface area (Å²) in [7, 11) is 0. The first-order valence-corrected chi connectivity index (χ1v) is 11.4. The van der Waals surface area contributed by atoms with Crippen molar-refractivity contribution in [1.29, 1.82) is 0 Å². The Kier molecular flexibility index (Phi) is 7.55. The molecule has 0 bridgehead atoms. The predicted molar refractivity (Wildman–Crippen MR) is 128 cm³/mol. The lowest BCUT2D eigenvalue weighted by Crippen LogP contribution is -2.19. The molecule has 1 N–H and O–H groups in total. The summed E-state index contributed by atoms with van der Waals surface area (Å²) in [5, 5.41) is 0.0452. The average molecular weight is 501 g/mol. The van der Waals surface area contributed by atoms with Crippen molar-refractivity contribution in [3.63, 3.8) is 0 Å². The number of H-pyrrole nitrogens is 1. The largest absolute Gasteiger partial charge is 0.433 e. The minimum absolute atomic E-state index is 0.0452. The molecule has 0 radical (unpaired) electrons. The molecule has 0 aliphatic carbocycles. The number of halogens is 3. The first-order valence-electron chi connectivity index (χ1n) is 11.0. The highest BCUT2D eigenvalue weighted by Gasteiger charge is 2.21. The molecule has 1 unspecified atom stereocenters. The number of fused-ring (bicyclic) bond motifs is 1. The molecule has 4 aromatic rings. The van der Waals surface area contributed by atoms with Gasteiger partial charge in [-0.15, -0.1) is 0 Å². The Morgan fingerprint density at radius 1 is 1.17 bits per heavy atom. The van der Waals surface area contributed by atoms with Crippen LogP contribution < -0.4 is 10.3 Å². The highest BCUT2D eigenvalue weighted by Crippen LogP contribution is 2.28. The van der Waals surface area contributed by atoms with Crippen LogP contribution in [0.2, 0.25) is 5.02 Å². The van der Waals surface area contributed by atoms with Gasteiger partial charge in [-0.2, -0.15) is 8.78 Å². The maximum Gasteiger partial charge on any atom is 0.387 e. The number of Topliss-reactive ketones (excluding diaryl/α,β-unsaturated/α-hetero) is 1. The van der Waals surface area contributed by atoms with Gasteiger partial charge in [-0.05, 0) is 49.4 Å². The number of imidazole rings is 1. The number of aromatic amines is 1. The topological polar surface area (TPSA) is 89.9 Å². The second kappa shape index (κ2) is 10.8. The second-order valence-corrected chi connectivity index (χ2v) is 8.57. The molecule has 0 aliphatic heterocycles. The lowest BCUT2D eigenvalue weighted by Gasteiger charge is -2.16. The van der Waals surface area contributed by atoms with Crippen molar-refractivity contribution in [2.45, 2.75) is 45.3 Å². The quantitative estimate of drug-likeness (QED) is 0.326. The van der Waals surface area contributed by atoms with Crippen LogP contribution in [0.3, 0.4) is 0 Å². The molecule has 2 heterocycles. The lowest BCUT2D eigenvalue weighted by atomic mass is 10.0. The van der Waals surface area contributed by atoms with Gasteiger partial charge in [0.15, 0.2) is 16.9 Å². The number of ketones is 1. The van der Waals surface area contributed by atoms with Crippen LogP contribution >= 0.6 is 11.6 Å². The van der Waals surface area contributed by atoms with Crippen molar-refractivity contribution in [2.24, 2.45) is 0 Å². The van der Waals surface area contributed by atoms with Gasteiger partial charge in [0.05, 0.1) is 17.4 Å². The Balaban J connectivity index is 1.60. The molecule has 0 aliphatic rings. The Labute approximate surface area is 204 Å². The van der Waals surface area contributed by atoms with Crippen molar-refractivity contribution < 1.29 is 18.3 Å². The van der Waals surface area contributed by atoms with E-state index in [1.54, 1.807) is 10.6 Å². The third-order valence-electron chi connectivity index (χ3n) is 5.66. The average Bonchev–Trinajstić information content (AvgIpc) is 3.23. The molecule has 7 nitrogen and oxygen atoms in total. The molecule has 2 aromatic heterocycles. The summed E-state index contributed by atoms with van der Waals surface area (Å²) in [4.78, 5) is 36.5. The number of ether oxygens (including phenoxy) is 1. The number of nitrogens with one attached hydrogen (secondary N) is 1. The van der Waals surface area contributed by atoms with Gasteiger partial charge in [-0.1, -0.05) is 48.0 Å². The number of aromatic nitrogens is 4. The fraction of sp³-hybridized carbons (Fsp3) is 0.280. The Morgan fingerprint density at radius 3 is 2.66 bits per heavy atom. The molecule has 2 aromatic carbocycles. The Morgan fingerprint density at radius 2 is 1.94 bits per heavy atom. The van der Waals surface area contributed by atoms with Gasteiger partial charge in [0.2, 0.25) is 0 Å². The van der Waals surface area contributed by atoms with E-state index in [2.05, 4.69) is 19.7 Å². The lowest BCUT2D eigenvalue weighted by molar-refractivity contribution is -0.120. The van der Waals surface area contributed by atoms with Crippen LogP contribution in [0.15, 0.2) is 59.7 Å². The first kappa shape index (κ1) is 24.5. The molecule has 35 heavy (non-hydrogen) atoms. The van der Waals surface area contributed by atoms with Crippen molar-refractivity contribution >= 4 is 28.5 Å². The van der Waals surface area contributed by atoms with Gasteiger partial charge >= 0.3 is 6.61 Å². The maximum absolute atomic E-state index is 12.7. The van der Waals surface area contributed by atoms with Crippen molar-refractivity contribution in [3.05, 3.63) is 87.2 Å². The zero-order valence-electron chi connectivity index (χ0n) is 18.9. The molecular formula is C25H23ClF2N4O3. The standard InChI is InChI=1S/C25H23ClF2N4O3/c1-15(33)19(9-5-8-16-6-3-2-4-7-16)32-14-29-22-23(32)30-21(31-24(22)34)13-17-10-11-18(26)20(12-17)35-25(27)28/h2-4,6-7,10-12,14,19,25H,5,8-9,13H2,1H3,(H,30,31,34). The fourth-order valence-electron chi connectivity index (χ4n) is 4.00. The summed E-state index contributed by atoms with van der Waals surface area (Å²) < 4.78 is 31.4. The van der Waals surface area contributed by atoms with E-state index in [1.807, 2.05) is 30.3 Å². The molecule has 10 heteroatoms. The van der Waals surface area contributed by atoms with E-state index < -0.39 is 18.2 Å². The van der Waals surface area contributed by atoms with Crippen molar-refractivity contribution in [1.82, 2.24) is 19.5 Å². The monoisotopic (exact) mass is 500 g/mol. The van der Waals surface area contributed by atoms with Crippen LogP contribution in [0.1, 0.15) is 42.8 Å².